The number of nitrogens with zero attached hydrogens (tertiary/aromatic N) is 2. The van der Waals surface area contributed by atoms with Crippen molar-refractivity contribution in [1.29, 1.82) is 0 Å². The zero-order valence-corrected chi connectivity index (χ0v) is 16.1. The molecule has 146 valence electrons. The number of ether oxygens (including phenoxy) is 2. The number of amides is 1. The molecule has 1 N–H and O–H groups in total. The second-order valence-corrected chi connectivity index (χ2v) is 7.34. The van der Waals surface area contributed by atoms with Gasteiger partial charge in [-0.3, -0.25) is 9.59 Å². The van der Waals surface area contributed by atoms with Crippen molar-refractivity contribution in [2.75, 3.05) is 12.1 Å². The highest BCUT2D eigenvalue weighted by molar-refractivity contribution is 6.08. The Balaban J connectivity index is 1.59. The molecular formula is C22H19N3O4. The fourth-order valence-corrected chi connectivity index (χ4v) is 3.97. The molecule has 5 rings (SSSR count). The molecule has 1 aromatic heterocycles. The number of benzene rings is 2. The minimum Gasteiger partial charge on any atom is -0.454 e. The second-order valence-electron chi connectivity index (χ2n) is 7.34. The fourth-order valence-electron chi connectivity index (χ4n) is 3.97. The Morgan fingerprint density at radius 2 is 1.97 bits per heavy atom. The third-order valence-corrected chi connectivity index (χ3v) is 5.32. The summed E-state index contributed by atoms with van der Waals surface area (Å²) in [6.07, 6.45) is 0.0840. The minimum absolute atomic E-state index is 0.0840. The predicted molar refractivity (Wildman–Crippen MR) is 106 cm³/mol. The molecule has 0 aliphatic carbocycles. The molecule has 3 aromatic rings. The molecule has 3 heterocycles. The van der Waals surface area contributed by atoms with Gasteiger partial charge in [-0.05, 0) is 49.7 Å². The van der Waals surface area contributed by atoms with Crippen LogP contribution in [-0.4, -0.2) is 28.3 Å². The first-order valence-electron chi connectivity index (χ1n) is 9.41. The van der Waals surface area contributed by atoms with Crippen LogP contribution in [0.3, 0.4) is 0 Å². The van der Waals surface area contributed by atoms with Crippen LogP contribution in [0, 0.1) is 13.8 Å². The van der Waals surface area contributed by atoms with Crippen LogP contribution < -0.4 is 14.8 Å². The van der Waals surface area contributed by atoms with Crippen LogP contribution in [0.5, 0.6) is 11.5 Å². The Kier molecular flexibility index (Phi) is 3.91. The summed E-state index contributed by atoms with van der Waals surface area (Å²) in [6.45, 7) is 4.00. The molecule has 29 heavy (non-hydrogen) atoms. The summed E-state index contributed by atoms with van der Waals surface area (Å²) >= 11 is 0. The van der Waals surface area contributed by atoms with Gasteiger partial charge < -0.3 is 14.8 Å². The normalized spacial score (nSPS) is 17.0. The number of rotatable bonds is 3. The molecule has 2 aliphatic rings. The van der Waals surface area contributed by atoms with Crippen LogP contribution >= 0.6 is 0 Å². The average molecular weight is 389 g/mol. The maximum atomic E-state index is 13.3. The second kappa shape index (κ2) is 6.48. The predicted octanol–water partition coefficient (Wildman–Crippen LogP) is 3.53. The van der Waals surface area contributed by atoms with E-state index in [4.69, 9.17) is 9.47 Å². The van der Waals surface area contributed by atoms with Crippen molar-refractivity contribution < 1.29 is 19.1 Å². The number of nitrogens with one attached hydrogen (secondary N) is 1. The molecule has 1 amide bonds. The summed E-state index contributed by atoms with van der Waals surface area (Å²) < 4.78 is 12.4. The lowest BCUT2D eigenvalue weighted by atomic mass is 9.85. The minimum atomic E-state index is -0.599. The van der Waals surface area contributed by atoms with Gasteiger partial charge in [0.15, 0.2) is 17.3 Å². The van der Waals surface area contributed by atoms with Crippen LogP contribution in [0.15, 0.2) is 42.5 Å². The highest BCUT2D eigenvalue weighted by Gasteiger charge is 2.36. The quantitative estimate of drug-likeness (QED) is 0.693. The summed E-state index contributed by atoms with van der Waals surface area (Å²) in [7, 11) is 0. The Hall–Kier alpha value is -3.61. The van der Waals surface area contributed by atoms with Gasteiger partial charge in [-0.25, -0.2) is 4.68 Å². The fraction of sp³-hybridized carbons (Fsp3) is 0.227. The number of fused-ring (bicyclic) bond motifs is 2. The first-order chi connectivity index (χ1) is 14.0. The summed E-state index contributed by atoms with van der Waals surface area (Å²) in [5.41, 5.74) is 3.89. The van der Waals surface area contributed by atoms with Crippen LogP contribution in [0.1, 0.15) is 39.5 Å². The summed E-state index contributed by atoms with van der Waals surface area (Å²) in [6, 6.07) is 13.0. The smallest absolute Gasteiger partial charge is 0.231 e. The van der Waals surface area contributed by atoms with Crippen molar-refractivity contribution in [1.82, 2.24) is 9.78 Å². The number of hydrogen-bond acceptors (Lipinski definition) is 5. The highest BCUT2D eigenvalue weighted by Crippen LogP contribution is 2.40. The van der Waals surface area contributed by atoms with E-state index in [2.05, 4.69) is 10.4 Å². The molecule has 2 aliphatic heterocycles. The van der Waals surface area contributed by atoms with E-state index < -0.39 is 5.92 Å². The molecule has 7 nitrogen and oxygen atoms in total. The maximum Gasteiger partial charge on any atom is 0.231 e. The van der Waals surface area contributed by atoms with E-state index in [1.807, 2.05) is 38.1 Å². The Bertz CT molecular complexity index is 1160. The van der Waals surface area contributed by atoms with Crippen molar-refractivity contribution in [3.63, 3.8) is 0 Å². The van der Waals surface area contributed by atoms with Crippen LogP contribution in [0.25, 0.3) is 5.69 Å². The number of aromatic nitrogens is 2. The van der Waals surface area contributed by atoms with Gasteiger partial charge in [0.05, 0.1) is 17.3 Å². The van der Waals surface area contributed by atoms with Gasteiger partial charge in [0, 0.05) is 17.5 Å². The maximum absolute atomic E-state index is 13.3. The zero-order valence-electron chi connectivity index (χ0n) is 16.1. The third-order valence-electron chi connectivity index (χ3n) is 5.32. The summed E-state index contributed by atoms with van der Waals surface area (Å²) in [5, 5.41) is 7.54. The molecular weight excluding hydrogens is 370 g/mol. The number of anilines is 1. The SMILES string of the molecule is Cc1cccc(-n2nc(C)c3c2NC(=O)C[C@H]3C(=O)c2ccc3c(c2)OCO3)c1. The molecule has 0 saturated carbocycles. The molecule has 0 saturated heterocycles. The van der Waals surface area contributed by atoms with E-state index in [9.17, 15) is 9.59 Å². The van der Waals surface area contributed by atoms with Crippen molar-refractivity contribution in [2.24, 2.45) is 0 Å². The van der Waals surface area contributed by atoms with E-state index in [0.29, 0.717) is 22.9 Å². The third kappa shape index (κ3) is 2.86. The van der Waals surface area contributed by atoms with Crippen LogP contribution in [-0.2, 0) is 4.79 Å². The lowest BCUT2D eigenvalue weighted by Crippen LogP contribution is -2.28. The zero-order chi connectivity index (χ0) is 20.1. The van der Waals surface area contributed by atoms with Crippen LogP contribution in [0.4, 0.5) is 5.82 Å². The molecule has 2 aromatic carbocycles. The number of carbonyl (C=O) groups excluding carboxylic acids is 2. The van der Waals surface area contributed by atoms with Crippen LogP contribution in [0.2, 0.25) is 0 Å². The Morgan fingerprint density at radius 3 is 2.79 bits per heavy atom. The molecule has 0 unspecified atom stereocenters. The lowest BCUT2D eigenvalue weighted by Gasteiger charge is -2.23. The molecule has 0 radical (unpaired) electrons. The summed E-state index contributed by atoms with van der Waals surface area (Å²) in [4.78, 5) is 25.8. The lowest BCUT2D eigenvalue weighted by molar-refractivity contribution is -0.116. The van der Waals surface area contributed by atoms with Gasteiger partial charge in [-0.1, -0.05) is 12.1 Å². The first kappa shape index (κ1) is 17.5. The molecule has 1 atom stereocenters. The number of Topliss-reactive ketones (excluding diaryl/α,β-unsaturated/α-hetero) is 1. The largest absolute Gasteiger partial charge is 0.454 e. The Labute approximate surface area is 167 Å². The van der Waals surface area contributed by atoms with E-state index in [0.717, 1.165) is 22.5 Å². The summed E-state index contributed by atoms with van der Waals surface area (Å²) in [5.74, 6) is 0.786. The molecule has 0 spiro atoms. The Morgan fingerprint density at radius 1 is 1.14 bits per heavy atom. The number of hydrogen-bond donors (Lipinski definition) is 1. The van der Waals surface area contributed by atoms with E-state index in [-0.39, 0.29) is 24.9 Å². The average Bonchev–Trinajstić information content (AvgIpc) is 3.30. The molecule has 0 fully saturated rings. The molecule has 7 heteroatoms. The standard InChI is InChI=1S/C22H19N3O4/c1-12-4-3-5-15(8-12)25-22-20(13(2)24-25)16(10-19(26)23-22)21(27)14-6-7-17-18(9-14)29-11-28-17/h3-9,16H,10-11H2,1-2H3,(H,23,26)/t16-/m1/s1. The number of carbonyl (C=O) groups is 2. The van der Waals surface area contributed by atoms with Crippen molar-refractivity contribution in [3.8, 4) is 17.2 Å². The van der Waals surface area contributed by atoms with E-state index >= 15 is 0 Å². The van der Waals surface area contributed by atoms with Gasteiger partial charge in [-0.15, -0.1) is 0 Å². The van der Waals surface area contributed by atoms with Crippen molar-refractivity contribution in [3.05, 3.63) is 64.8 Å². The topological polar surface area (TPSA) is 82.5 Å². The van der Waals surface area contributed by atoms with E-state index in [1.54, 1.807) is 22.9 Å². The van der Waals surface area contributed by atoms with E-state index in [1.165, 1.54) is 0 Å². The van der Waals surface area contributed by atoms with Gasteiger partial charge in [0.25, 0.3) is 0 Å². The monoisotopic (exact) mass is 389 g/mol. The number of aryl methyl sites for hydroxylation is 2. The van der Waals surface area contributed by atoms with Gasteiger partial charge >= 0.3 is 0 Å². The van der Waals surface area contributed by atoms with Crippen molar-refractivity contribution in [2.45, 2.75) is 26.2 Å². The first-order valence-corrected chi connectivity index (χ1v) is 9.41. The van der Waals surface area contributed by atoms with Gasteiger partial charge in [0.2, 0.25) is 12.7 Å². The van der Waals surface area contributed by atoms with Gasteiger partial charge in [-0.2, -0.15) is 5.10 Å². The highest BCUT2D eigenvalue weighted by atomic mass is 16.7. The number of ketones is 1. The van der Waals surface area contributed by atoms with Crippen molar-refractivity contribution >= 4 is 17.5 Å². The van der Waals surface area contributed by atoms with Gasteiger partial charge in [0.1, 0.15) is 5.82 Å². The molecule has 0 bridgehead atoms.